The molecule has 1 unspecified atom stereocenters. The van der Waals surface area contributed by atoms with Crippen LogP contribution >= 0.6 is 0 Å². The summed E-state index contributed by atoms with van der Waals surface area (Å²) in [5.41, 5.74) is 1.27. The van der Waals surface area contributed by atoms with Gasteiger partial charge in [-0.15, -0.1) is 5.10 Å². The lowest BCUT2D eigenvalue weighted by molar-refractivity contribution is -0.265. The smallest absolute Gasteiger partial charge is 0.329 e. The van der Waals surface area contributed by atoms with E-state index in [0.717, 1.165) is 18.4 Å². The maximum atomic E-state index is 14.5. The van der Waals surface area contributed by atoms with Gasteiger partial charge in [-0.3, -0.25) is 19.2 Å². The highest BCUT2D eigenvalue weighted by atomic mass is 16.6. The highest BCUT2D eigenvalue weighted by Gasteiger charge is 2.53. The van der Waals surface area contributed by atoms with Gasteiger partial charge in [-0.05, 0) is 117 Å². The van der Waals surface area contributed by atoms with Gasteiger partial charge < -0.3 is 38.8 Å². The molecule has 4 aliphatic rings. The predicted molar refractivity (Wildman–Crippen MR) is 256 cm³/mol. The van der Waals surface area contributed by atoms with Crippen LogP contribution in [0.3, 0.4) is 0 Å². The zero-order chi connectivity index (χ0) is 50.6. The standard InChI is InChI=1S/C52H79N5O12/c1-31-16-12-11-13-17-32(2)43(65-8)28-39-21-19-37(7)52(64,69-39)49(61)50(62)56-23-15-14-18-41(56)51(63)68-44(34(4)26-38-20-22-40(45(27-38)66-9)57-30-53-54-55-57)29-42(58)33(3)25-36(6)47(60)48(67-10)46(59)35(5)24-31/h11-13,16-17,25,30-31,33-35,37-41,43-45,47-48,60,64H,14-15,18-24,26-29H2,1-10H3/b13-11?,16-12+,32-17?,36-25+/t31-,33-,34-,35-,37-,38?,39+,40-,41+,43+,44+,45-,47-,48+,52-/m1/s1. The molecule has 17 nitrogen and oxygen atoms in total. The van der Waals surface area contributed by atoms with Gasteiger partial charge in [0, 0.05) is 58.5 Å². The van der Waals surface area contributed by atoms with Crippen LogP contribution in [0, 0.1) is 35.5 Å². The number of tetrazole rings is 1. The first-order valence-corrected chi connectivity index (χ1v) is 25.0. The van der Waals surface area contributed by atoms with E-state index in [1.165, 1.54) is 12.0 Å². The van der Waals surface area contributed by atoms with Crippen molar-refractivity contribution in [3.8, 4) is 0 Å². The van der Waals surface area contributed by atoms with Crippen molar-refractivity contribution in [3.63, 3.8) is 0 Å². The summed E-state index contributed by atoms with van der Waals surface area (Å²) in [5.74, 6) is -7.92. The molecule has 0 spiro atoms. The highest BCUT2D eigenvalue weighted by Crippen LogP contribution is 2.39. The molecule has 1 aromatic rings. The molecule has 15 atom stereocenters. The number of fused-ring (bicyclic) bond motifs is 3. The topological polar surface area (TPSA) is 219 Å². The Kier molecular flexibility index (Phi) is 20.8. The summed E-state index contributed by atoms with van der Waals surface area (Å²) in [6.45, 7) is 12.8. The van der Waals surface area contributed by atoms with Crippen LogP contribution in [-0.4, -0.2) is 141 Å². The minimum atomic E-state index is -2.43. The number of rotatable bonds is 7. The number of cyclic esters (lactones) is 1. The van der Waals surface area contributed by atoms with Gasteiger partial charge in [0.2, 0.25) is 5.79 Å². The minimum absolute atomic E-state index is 0.0170. The number of aromatic nitrogens is 4. The van der Waals surface area contributed by atoms with Gasteiger partial charge in [0.15, 0.2) is 5.78 Å². The number of piperidine rings is 1. The van der Waals surface area contributed by atoms with E-state index in [1.54, 1.807) is 52.1 Å². The van der Waals surface area contributed by atoms with Crippen molar-refractivity contribution >= 4 is 29.2 Å². The summed E-state index contributed by atoms with van der Waals surface area (Å²) >= 11 is 0. The summed E-state index contributed by atoms with van der Waals surface area (Å²) in [7, 11) is 4.62. The lowest BCUT2D eigenvalue weighted by Gasteiger charge is -2.42. The minimum Gasteiger partial charge on any atom is -0.460 e. The predicted octanol–water partition coefficient (Wildman–Crippen LogP) is 6.05. The molecule has 2 saturated heterocycles. The number of carbonyl (C=O) groups excluding carboxylic acids is 5. The molecule has 1 aromatic heterocycles. The molecule has 384 valence electrons. The zero-order valence-corrected chi connectivity index (χ0v) is 42.5. The Bertz CT molecular complexity index is 2020. The fourth-order valence-electron chi connectivity index (χ4n) is 10.7. The number of nitrogens with zero attached hydrogens (tertiary/aromatic N) is 5. The van der Waals surface area contributed by atoms with Gasteiger partial charge in [-0.2, -0.15) is 0 Å². The van der Waals surface area contributed by atoms with Crippen LogP contribution in [0.5, 0.6) is 0 Å². The van der Waals surface area contributed by atoms with E-state index >= 15 is 0 Å². The number of hydrogen-bond acceptors (Lipinski definition) is 15. The lowest BCUT2D eigenvalue weighted by atomic mass is 9.77. The number of aliphatic hydroxyl groups is 2. The summed E-state index contributed by atoms with van der Waals surface area (Å²) in [6.07, 6.45) is 13.9. The van der Waals surface area contributed by atoms with Gasteiger partial charge in [-0.25, -0.2) is 9.48 Å². The molecule has 3 fully saturated rings. The third-order valence-corrected chi connectivity index (χ3v) is 15.2. The number of esters is 1. The Hall–Kier alpha value is -4.26. The largest absolute Gasteiger partial charge is 0.460 e. The van der Waals surface area contributed by atoms with Crippen LogP contribution in [0.15, 0.2) is 53.9 Å². The third-order valence-electron chi connectivity index (χ3n) is 15.2. The number of amides is 1. The number of allylic oxidation sites excluding steroid dienone is 6. The van der Waals surface area contributed by atoms with Gasteiger partial charge in [-0.1, -0.05) is 71.1 Å². The Balaban J connectivity index is 1.46. The molecule has 1 amide bonds. The molecule has 69 heavy (non-hydrogen) atoms. The van der Waals surface area contributed by atoms with E-state index < -0.39 is 77.8 Å². The SMILES string of the molecule is CO[C@H]1C[C@@H]2CC[C@@H](C)[C@@](O)(O2)C(=O)C(=O)N2CCCC[C@H]2C(=O)O[C@H]([C@H](C)CC2CC[C@@H](n3cnnn3)[C@H](OC)C2)CC(=O)[C@H](C)/C=C(\C)[C@@H](O)[C@@H](OC)C(=O)[C@H](C)C[C@H](C)/C=C/C=CC=C1C. The number of ketones is 3. The second-order valence-corrected chi connectivity index (χ2v) is 20.4. The second-order valence-electron chi connectivity index (χ2n) is 20.4. The van der Waals surface area contributed by atoms with Crippen molar-refractivity contribution in [2.45, 2.75) is 180 Å². The van der Waals surface area contributed by atoms with Crippen molar-refractivity contribution in [1.29, 1.82) is 0 Å². The van der Waals surface area contributed by atoms with Crippen LogP contribution in [0.4, 0.5) is 0 Å². The maximum absolute atomic E-state index is 14.5. The van der Waals surface area contributed by atoms with Crippen molar-refractivity contribution in [2.75, 3.05) is 27.9 Å². The highest BCUT2D eigenvalue weighted by molar-refractivity contribution is 6.39. The average molecular weight is 966 g/mol. The average Bonchev–Trinajstić information content (AvgIpc) is 3.88. The van der Waals surface area contributed by atoms with Crippen molar-refractivity contribution in [1.82, 2.24) is 25.1 Å². The number of hydrogen-bond donors (Lipinski definition) is 2. The number of Topliss-reactive ketones (excluding diaryl/α,β-unsaturated/α-hetero) is 3. The molecule has 1 aliphatic carbocycles. The van der Waals surface area contributed by atoms with Crippen LogP contribution in [0.25, 0.3) is 0 Å². The monoisotopic (exact) mass is 966 g/mol. The molecule has 2 N–H and O–H groups in total. The lowest BCUT2D eigenvalue weighted by Crippen LogP contribution is -2.61. The summed E-state index contributed by atoms with van der Waals surface area (Å²) in [5, 5.41) is 35.2. The maximum Gasteiger partial charge on any atom is 0.329 e. The molecule has 5 rings (SSSR count). The first-order chi connectivity index (χ1) is 32.8. The Morgan fingerprint density at radius 2 is 1.64 bits per heavy atom. The Labute approximate surface area is 408 Å². The Morgan fingerprint density at radius 3 is 2.32 bits per heavy atom. The molecule has 2 bridgehead atoms. The molecule has 0 aromatic carbocycles. The van der Waals surface area contributed by atoms with Crippen molar-refractivity contribution < 1.29 is 57.9 Å². The molecule has 0 radical (unpaired) electrons. The number of aliphatic hydroxyl groups excluding tert-OH is 1. The number of ether oxygens (including phenoxy) is 5. The third kappa shape index (κ3) is 14.2. The number of methoxy groups -OCH3 is 3. The summed E-state index contributed by atoms with van der Waals surface area (Å²) < 4.78 is 31.6. The molecular weight excluding hydrogens is 887 g/mol. The molecule has 17 heteroatoms. The zero-order valence-electron chi connectivity index (χ0n) is 42.5. The second kappa shape index (κ2) is 25.7. The summed E-state index contributed by atoms with van der Waals surface area (Å²) in [4.78, 5) is 72.3. The van der Waals surface area contributed by atoms with Crippen LogP contribution in [0.1, 0.15) is 132 Å². The fraction of sp³-hybridized carbons (Fsp3) is 0.731. The fourth-order valence-corrected chi connectivity index (χ4v) is 10.7. The van der Waals surface area contributed by atoms with Crippen LogP contribution in [-0.2, 0) is 47.7 Å². The quantitative estimate of drug-likeness (QED) is 0.181. The Morgan fingerprint density at radius 1 is 0.884 bits per heavy atom. The van der Waals surface area contributed by atoms with E-state index in [4.69, 9.17) is 23.7 Å². The van der Waals surface area contributed by atoms with Crippen LogP contribution in [0.2, 0.25) is 0 Å². The molecule has 1 saturated carbocycles. The van der Waals surface area contributed by atoms with Crippen molar-refractivity contribution in [3.05, 3.63) is 53.9 Å². The van der Waals surface area contributed by atoms with E-state index in [0.29, 0.717) is 56.9 Å². The molecular formula is C52H79N5O12. The van der Waals surface area contributed by atoms with Gasteiger partial charge in [0.05, 0.1) is 24.4 Å². The molecule has 3 aliphatic heterocycles. The van der Waals surface area contributed by atoms with E-state index in [2.05, 4.69) is 15.5 Å². The van der Waals surface area contributed by atoms with Gasteiger partial charge in [0.1, 0.15) is 36.5 Å². The first-order valence-electron chi connectivity index (χ1n) is 25.0. The van der Waals surface area contributed by atoms with Gasteiger partial charge in [0.25, 0.3) is 11.7 Å². The summed E-state index contributed by atoms with van der Waals surface area (Å²) in [6, 6.07) is -1.19. The van der Waals surface area contributed by atoms with Gasteiger partial charge >= 0.3 is 5.97 Å². The van der Waals surface area contributed by atoms with E-state index in [9.17, 15) is 34.2 Å². The van der Waals surface area contributed by atoms with Crippen LogP contribution < -0.4 is 0 Å². The molecule has 4 heterocycles. The van der Waals surface area contributed by atoms with E-state index in [1.807, 2.05) is 58.1 Å². The normalized spacial score (nSPS) is 37.5. The van der Waals surface area contributed by atoms with Crippen molar-refractivity contribution in [2.24, 2.45) is 35.5 Å². The van der Waals surface area contributed by atoms with E-state index in [-0.39, 0.29) is 60.9 Å². The first kappa shape index (κ1) is 55.7. The number of carbonyl (C=O) groups is 5.